The number of benzene rings is 2. The van der Waals surface area contributed by atoms with Crippen LogP contribution in [0.4, 0.5) is 0 Å². The second kappa shape index (κ2) is 8.91. The highest BCUT2D eigenvalue weighted by atomic mass is 16.5. The van der Waals surface area contributed by atoms with E-state index in [1.54, 1.807) is 29.2 Å². The summed E-state index contributed by atoms with van der Waals surface area (Å²) in [6.07, 6.45) is 2.94. The van der Waals surface area contributed by atoms with E-state index in [-0.39, 0.29) is 30.6 Å². The van der Waals surface area contributed by atoms with Gasteiger partial charge in [-0.1, -0.05) is 24.3 Å². The SMILES string of the molecule is CC(C)OC(=O)c1ccc(OCC(=O)N(C)C2CCCc3ccccc32)cc1. The van der Waals surface area contributed by atoms with Crippen LogP contribution in [0.25, 0.3) is 0 Å². The Labute approximate surface area is 166 Å². The molecule has 5 heteroatoms. The van der Waals surface area contributed by atoms with Crippen molar-refractivity contribution in [2.45, 2.75) is 45.3 Å². The second-order valence-electron chi connectivity index (χ2n) is 7.38. The smallest absolute Gasteiger partial charge is 0.338 e. The number of carbonyl (C=O) groups is 2. The molecule has 28 heavy (non-hydrogen) atoms. The van der Waals surface area contributed by atoms with E-state index in [1.165, 1.54) is 11.1 Å². The summed E-state index contributed by atoms with van der Waals surface area (Å²) in [6.45, 7) is 3.58. The second-order valence-corrected chi connectivity index (χ2v) is 7.38. The fourth-order valence-corrected chi connectivity index (χ4v) is 3.52. The Morgan fingerprint density at radius 1 is 1.11 bits per heavy atom. The molecule has 5 nitrogen and oxygen atoms in total. The van der Waals surface area contributed by atoms with Gasteiger partial charge in [-0.25, -0.2) is 4.79 Å². The zero-order valence-electron chi connectivity index (χ0n) is 16.7. The number of amides is 1. The molecule has 0 saturated heterocycles. The molecule has 0 aromatic heterocycles. The van der Waals surface area contributed by atoms with E-state index in [2.05, 4.69) is 12.1 Å². The molecule has 0 aliphatic heterocycles. The summed E-state index contributed by atoms with van der Waals surface area (Å²) in [7, 11) is 1.84. The number of carbonyl (C=O) groups excluding carboxylic acids is 2. The molecule has 0 fully saturated rings. The number of ether oxygens (including phenoxy) is 2. The van der Waals surface area contributed by atoms with E-state index < -0.39 is 0 Å². The molecule has 1 unspecified atom stereocenters. The summed E-state index contributed by atoms with van der Waals surface area (Å²) in [5, 5.41) is 0. The molecule has 0 saturated carbocycles. The van der Waals surface area contributed by atoms with Crippen LogP contribution >= 0.6 is 0 Å². The van der Waals surface area contributed by atoms with Gasteiger partial charge in [-0.05, 0) is 68.5 Å². The highest BCUT2D eigenvalue weighted by molar-refractivity contribution is 5.89. The van der Waals surface area contributed by atoms with Crippen molar-refractivity contribution >= 4 is 11.9 Å². The largest absolute Gasteiger partial charge is 0.484 e. The van der Waals surface area contributed by atoms with E-state index in [4.69, 9.17) is 9.47 Å². The Morgan fingerprint density at radius 3 is 2.54 bits per heavy atom. The first-order valence-corrected chi connectivity index (χ1v) is 9.73. The minimum atomic E-state index is -0.367. The van der Waals surface area contributed by atoms with Crippen molar-refractivity contribution < 1.29 is 19.1 Å². The maximum atomic E-state index is 12.6. The topological polar surface area (TPSA) is 55.8 Å². The highest BCUT2D eigenvalue weighted by Gasteiger charge is 2.26. The molecule has 0 radical (unpaired) electrons. The number of esters is 1. The van der Waals surface area contributed by atoms with E-state index in [0.29, 0.717) is 11.3 Å². The fourth-order valence-electron chi connectivity index (χ4n) is 3.52. The molecule has 1 atom stereocenters. The maximum Gasteiger partial charge on any atom is 0.338 e. The average Bonchev–Trinajstić information content (AvgIpc) is 2.71. The van der Waals surface area contributed by atoms with Gasteiger partial charge in [0.2, 0.25) is 0 Å². The Hall–Kier alpha value is -2.82. The van der Waals surface area contributed by atoms with Crippen molar-refractivity contribution in [1.29, 1.82) is 0 Å². The molecular weight excluding hydrogens is 354 g/mol. The summed E-state index contributed by atoms with van der Waals surface area (Å²) in [4.78, 5) is 26.3. The third-order valence-corrected chi connectivity index (χ3v) is 4.99. The van der Waals surface area contributed by atoms with Crippen LogP contribution in [0, 0.1) is 0 Å². The van der Waals surface area contributed by atoms with Crippen molar-refractivity contribution in [3.8, 4) is 5.75 Å². The van der Waals surface area contributed by atoms with Crippen molar-refractivity contribution in [3.05, 3.63) is 65.2 Å². The average molecular weight is 381 g/mol. The summed E-state index contributed by atoms with van der Waals surface area (Å²) in [5.74, 6) is 0.116. The quantitative estimate of drug-likeness (QED) is 0.705. The minimum absolute atomic E-state index is 0.0368. The van der Waals surface area contributed by atoms with Gasteiger partial charge in [0.15, 0.2) is 6.61 Å². The monoisotopic (exact) mass is 381 g/mol. The standard InChI is InChI=1S/C23H27NO4/c1-16(2)28-23(26)18-11-13-19(14-12-18)27-15-22(25)24(3)21-10-6-8-17-7-4-5-9-20(17)21/h4-5,7,9,11-14,16,21H,6,8,10,15H2,1-3H3. The third-order valence-electron chi connectivity index (χ3n) is 4.99. The predicted molar refractivity (Wildman–Crippen MR) is 107 cm³/mol. The van der Waals surface area contributed by atoms with Gasteiger partial charge in [-0.2, -0.15) is 0 Å². The number of likely N-dealkylation sites (N-methyl/N-ethyl adjacent to an activating group) is 1. The normalized spacial score (nSPS) is 15.6. The Bertz CT molecular complexity index is 829. The van der Waals surface area contributed by atoms with E-state index in [9.17, 15) is 9.59 Å². The number of rotatable bonds is 6. The molecule has 3 rings (SSSR count). The fraction of sp³-hybridized carbons (Fsp3) is 0.391. The lowest BCUT2D eigenvalue weighted by atomic mass is 9.87. The molecule has 1 aliphatic carbocycles. The molecule has 2 aromatic carbocycles. The number of nitrogens with zero attached hydrogens (tertiary/aromatic N) is 1. The number of aryl methyl sites for hydroxylation is 1. The van der Waals surface area contributed by atoms with Crippen LogP contribution in [0.3, 0.4) is 0 Å². The Morgan fingerprint density at radius 2 is 1.82 bits per heavy atom. The number of hydrogen-bond acceptors (Lipinski definition) is 4. The molecule has 0 N–H and O–H groups in total. The number of fused-ring (bicyclic) bond motifs is 1. The van der Waals surface area contributed by atoms with Gasteiger partial charge in [-0.3, -0.25) is 4.79 Å². The molecule has 0 heterocycles. The van der Waals surface area contributed by atoms with Crippen LogP contribution in [0.2, 0.25) is 0 Å². The van der Waals surface area contributed by atoms with Gasteiger partial charge in [0, 0.05) is 7.05 Å². The van der Waals surface area contributed by atoms with Crippen molar-refractivity contribution in [2.75, 3.05) is 13.7 Å². The molecule has 148 valence electrons. The summed E-state index contributed by atoms with van der Waals surface area (Å²) < 4.78 is 10.8. The molecular formula is C23H27NO4. The highest BCUT2D eigenvalue weighted by Crippen LogP contribution is 2.33. The van der Waals surface area contributed by atoms with Crippen LogP contribution in [-0.4, -0.2) is 36.5 Å². The number of hydrogen-bond donors (Lipinski definition) is 0. The van der Waals surface area contributed by atoms with Crippen LogP contribution < -0.4 is 4.74 Å². The zero-order chi connectivity index (χ0) is 20.1. The molecule has 2 aromatic rings. The lowest BCUT2D eigenvalue weighted by molar-refractivity contribution is -0.134. The minimum Gasteiger partial charge on any atom is -0.484 e. The summed E-state index contributed by atoms with van der Waals surface area (Å²) >= 11 is 0. The van der Waals surface area contributed by atoms with Gasteiger partial charge in [0.05, 0.1) is 17.7 Å². The van der Waals surface area contributed by atoms with Crippen LogP contribution in [0.15, 0.2) is 48.5 Å². The van der Waals surface area contributed by atoms with Crippen LogP contribution in [0.5, 0.6) is 5.75 Å². The van der Waals surface area contributed by atoms with Gasteiger partial charge < -0.3 is 14.4 Å². The van der Waals surface area contributed by atoms with Gasteiger partial charge >= 0.3 is 5.97 Å². The summed E-state index contributed by atoms with van der Waals surface area (Å²) in [5.41, 5.74) is 3.02. The van der Waals surface area contributed by atoms with Gasteiger partial charge in [-0.15, -0.1) is 0 Å². The first kappa shape index (κ1) is 19.9. The lowest BCUT2D eigenvalue weighted by Crippen LogP contribution is -2.36. The van der Waals surface area contributed by atoms with Crippen molar-refractivity contribution in [3.63, 3.8) is 0 Å². The van der Waals surface area contributed by atoms with Crippen molar-refractivity contribution in [1.82, 2.24) is 4.90 Å². The molecule has 0 bridgehead atoms. The van der Waals surface area contributed by atoms with Crippen LogP contribution in [-0.2, 0) is 16.0 Å². The molecule has 1 aliphatic rings. The first-order valence-electron chi connectivity index (χ1n) is 9.73. The zero-order valence-corrected chi connectivity index (χ0v) is 16.7. The van der Waals surface area contributed by atoms with Crippen LogP contribution in [0.1, 0.15) is 54.2 Å². The maximum absolute atomic E-state index is 12.6. The molecule has 0 spiro atoms. The van der Waals surface area contributed by atoms with E-state index in [1.807, 2.05) is 33.0 Å². The lowest BCUT2D eigenvalue weighted by Gasteiger charge is -2.33. The van der Waals surface area contributed by atoms with E-state index >= 15 is 0 Å². The van der Waals surface area contributed by atoms with Gasteiger partial charge in [0.25, 0.3) is 5.91 Å². The third kappa shape index (κ3) is 4.71. The Balaban J connectivity index is 1.58. The van der Waals surface area contributed by atoms with E-state index in [0.717, 1.165) is 19.3 Å². The van der Waals surface area contributed by atoms with Crippen molar-refractivity contribution in [2.24, 2.45) is 0 Å². The molecule has 1 amide bonds. The Kier molecular flexibility index (Phi) is 6.34. The van der Waals surface area contributed by atoms with Gasteiger partial charge in [0.1, 0.15) is 5.75 Å². The summed E-state index contributed by atoms with van der Waals surface area (Å²) in [6, 6.07) is 15.1. The predicted octanol–water partition coefficient (Wildman–Crippen LogP) is 4.17. The first-order chi connectivity index (χ1) is 13.5.